The van der Waals surface area contributed by atoms with Crippen molar-refractivity contribution in [3.8, 4) is 0 Å². The highest BCUT2D eigenvalue weighted by molar-refractivity contribution is 7.91. The van der Waals surface area contributed by atoms with Gasteiger partial charge in [-0.2, -0.15) is 0 Å². The zero-order valence-corrected chi connectivity index (χ0v) is 13.6. The number of hydrogen-bond donors (Lipinski definition) is 1. The van der Waals surface area contributed by atoms with Crippen molar-refractivity contribution in [1.29, 1.82) is 0 Å². The molecule has 0 bridgehead atoms. The number of rotatable bonds is 4. The maximum Gasteiger partial charge on any atom is 0.186 e. The molecule has 0 aromatic heterocycles. The zero-order chi connectivity index (χ0) is 15.6. The van der Waals surface area contributed by atoms with E-state index in [1.54, 1.807) is 12.1 Å². The maximum absolute atomic E-state index is 12.5. The van der Waals surface area contributed by atoms with Gasteiger partial charge < -0.3 is 5.73 Å². The van der Waals surface area contributed by atoms with Crippen LogP contribution in [0.25, 0.3) is 0 Å². The predicted molar refractivity (Wildman–Crippen MR) is 87.3 cm³/mol. The first-order valence-electron chi connectivity index (χ1n) is 6.67. The van der Waals surface area contributed by atoms with E-state index in [4.69, 9.17) is 17.3 Å². The Hall–Kier alpha value is -1.52. The van der Waals surface area contributed by atoms with E-state index >= 15 is 0 Å². The number of benzene rings is 2. The van der Waals surface area contributed by atoms with Crippen molar-refractivity contribution in [2.24, 2.45) is 0 Å². The predicted octanol–water partition coefficient (Wildman–Crippen LogP) is 4.02. The van der Waals surface area contributed by atoms with Crippen molar-refractivity contribution in [1.82, 2.24) is 0 Å². The first kappa shape index (κ1) is 15.9. The van der Waals surface area contributed by atoms with Crippen LogP contribution in [0.5, 0.6) is 0 Å². The molecule has 0 aliphatic rings. The topological polar surface area (TPSA) is 60.2 Å². The molecule has 0 amide bonds. The number of nitrogen functional groups attached to an aromatic ring is 1. The minimum absolute atomic E-state index is 0.0135. The molecule has 2 N–H and O–H groups in total. The van der Waals surface area contributed by atoms with Crippen LogP contribution >= 0.6 is 11.6 Å². The van der Waals surface area contributed by atoms with Gasteiger partial charge in [-0.3, -0.25) is 0 Å². The highest BCUT2D eigenvalue weighted by Gasteiger charge is 2.21. The van der Waals surface area contributed by atoms with Crippen LogP contribution in [0.4, 0.5) is 5.69 Å². The minimum Gasteiger partial charge on any atom is -0.398 e. The summed E-state index contributed by atoms with van der Waals surface area (Å²) in [5.74, 6) is 0.300. The summed E-state index contributed by atoms with van der Waals surface area (Å²) in [6.07, 6.45) is 0. The molecule has 0 unspecified atom stereocenters. The first-order chi connectivity index (χ1) is 9.81. The Kier molecular flexibility index (Phi) is 4.59. The summed E-state index contributed by atoms with van der Waals surface area (Å²) in [6.45, 7) is 4.19. The van der Waals surface area contributed by atoms with Crippen molar-refractivity contribution in [2.75, 3.05) is 5.73 Å². The SMILES string of the molecule is CC(C)c1ccc(CS(=O)(=O)c2c(N)cccc2Cl)cc1. The Balaban J connectivity index is 2.33. The lowest BCUT2D eigenvalue weighted by molar-refractivity contribution is 0.595. The van der Waals surface area contributed by atoms with Gasteiger partial charge in [-0.1, -0.05) is 55.8 Å². The molecule has 112 valence electrons. The van der Waals surface area contributed by atoms with E-state index in [0.717, 1.165) is 5.56 Å². The number of sulfone groups is 1. The molecule has 21 heavy (non-hydrogen) atoms. The van der Waals surface area contributed by atoms with E-state index < -0.39 is 9.84 Å². The molecule has 0 saturated carbocycles. The monoisotopic (exact) mass is 323 g/mol. The minimum atomic E-state index is -3.56. The molecule has 3 nitrogen and oxygen atoms in total. The average molecular weight is 324 g/mol. The second kappa shape index (κ2) is 6.08. The van der Waals surface area contributed by atoms with Crippen molar-refractivity contribution >= 4 is 27.1 Å². The zero-order valence-electron chi connectivity index (χ0n) is 12.0. The van der Waals surface area contributed by atoms with Crippen LogP contribution < -0.4 is 5.73 Å². The molecule has 0 aliphatic carbocycles. The number of hydrogen-bond acceptors (Lipinski definition) is 3. The smallest absolute Gasteiger partial charge is 0.186 e. The first-order valence-corrected chi connectivity index (χ1v) is 8.70. The van der Waals surface area contributed by atoms with Crippen molar-refractivity contribution in [2.45, 2.75) is 30.4 Å². The summed E-state index contributed by atoms with van der Waals surface area (Å²) in [5.41, 5.74) is 7.84. The molecule has 0 heterocycles. The van der Waals surface area contributed by atoms with E-state index in [2.05, 4.69) is 13.8 Å². The fourth-order valence-electron chi connectivity index (χ4n) is 2.14. The van der Waals surface area contributed by atoms with E-state index in [1.165, 1.54) is 11.6 Å². The van der Waals surface area contributed by atoms with Gasteiger partial charge in [0, 0.05) is 0 Å². The van der Waals surface area contributed by atoms with Gasteiger partial charge in [-0.15, -0.1) is 0 Å². The van der Waals surface area contributed by atoms with Gasteiger partial charge in [0.15, 0.2) is 9.84 Å². The Morgan fingerprint density at radius 3 is 2.24 bits per heavy atom. The summed E-state index contributed by atoms with van der Waals surface area (Å²) in [7, 11) is -3.56. The van der Waals surface area contributed by atoms with Crippen LogP contribution in [-0.2, 0) is 15.6 Å². The number of anilines is 1. The molecular formula is C16H18ClNO2S. The van der Waals surface area contributed by atoms with E-state index in [-0.39, 0.29) is 21.4 Å². The number of nitrogens with two attached hydrogens (primary N) is 1. The van der Waals surface area contributed by atoms with Gasteiger partial charge in [-0.05, 0) is 29.2 Å². The summed E-state index contributed by atoms with van der Waals surface area (Å²) in [6, 6.07) is 12.3. The van der Waals surface area contributed by atoms with Gasteiger partial charge in [0.25, 0.3) is 0 Å². The lowest BCUT2D eigenvalue weighted by Gasteiger charge is -2.10. The molecule has 0 spiro atoms. The van der Waals surface area contributed by atoms with Crippen LogP contribution in [0.2, 0.25) is 5.02 Å². The molecule has 2 aromatic rings. The lowest BCUT2D eigenvalue weighted by atomic mass is 10.0. The molecule has 0 fully saturated rings. The van der Waals surface area contributed by atoms with Gasteiger partial charge in [0.1, 0.15) is 4.90 Å². The molecule has 0 atom stereocenters. The Morgan fingerprint density at radius 1 is 1.10 bits per heavy atom. The Morgan fingerprint density at radius 2 is 1.71 bits per heavy atom. The molecule has 0 saturated heterocycles. The molecule has 0 aliphatic heterocycles. The highest BCUT2D eigenvalue weighted by Crippen LogP contribution is 2.30. The highest BCUT2D eigenvalue weighted by atomic mass is 35.5. The largest absolute Gasteiger partial charge is 0.398 e. The molecule has 5 heteroatoms. The Labute approximate surface area is 130 Å². The lowest BCUT2D eigenvalue weighted by Crippen LogP contribution is -2.08. The summed E-state index contributed by atoms with van der Waals surface area (Å²) >= 11 is 5.99. The third kappa shape index (κ3) is 3.57. The second-order valence-corrected chi connectivity index (χ2v) is 7.65. The van der Waals surface area contributed by atoms with Gasteiger partial charge in [-0.25, -0.2) is 8.42 Å². The molecule has 2 aromatic carbocycles. The van der Waals surface area contributed by atoms with Gasteiger partial charge >= 0.3 is 0 Å². The van der Waals surface area contributed by atoms with E-state index in [1.807, 2.05) is 24.3 Å². The summed E-state index contributed by atoms with van der Waals surface area (Å²) in [4.78, 5) is 0.0135. The van der Waals surface area contributed by atoms with E-state index in [0.29, 0.717) is 5.92 Å². The standard InChI is InChI=1S/C16H18ClNO2S/c1-11(2)13-8-6-12(7-9-13)10-21(19,20)16-14(17)4-3-5-15(16)18/h3-9,11H,10,18H2,1-2H3. The average Bonchev–Trinajstić information content (AvgIpc) is 2.38. The van der Waals surface area contributed by atoms with Crippen LogP contribution in [-0.4, -0.2) is 8.42 Å². The van der Waals surface area contributed by atoms with Crippen LogP contribution in [0, 0.1) is 0 Å². The quantitative estimate of drug-likeness (QED) is 0.864. The third-order valence-electron chi connectivity index (χ3n) is 3.31. The normalized spacial score (nSPS) is 11.8. The molecular weight excluding hydrogens is 306 g/mol. The second-order valence-electron chi connectivity index (χ2n) is 5.31. The third-order valence-corrected chi connectivity index (χ3v) is 5.53. The van der Waals surface area contributed by atoms with Crippen LogP contribution in [0.1, 0.15) is 30.9 Å². The van der Waals surface area contributed by atoms with Crippen LogP contribution in [0.3, 0.4) is 0 Å². The molecule has 0 radical (unpaired) electrons. The molecule has 2 rings (SSSR count). The Bertz CT molecular complexity index is 717. The number of halogens is 1. The van der Waals surface area contributed by atoms with Gasteiger partial charge in [0.05, 0.1) is 16.5 Å². The summed E-state index contributed by atoms with van der Waals surface area (Å²) < 4.78 is 25.0. The van der Waals surface area contributed by atoms with Crippen molar-refractivity contribution < 1.29 is 8.42 Å². The van der Waals surface area contributed by atoms with Crippen molar-refractivity contribution in [3.05, 3.63) is 58.6 Å². The maximum atomic E-state index is 12.5. The van der Waals surface area contributed by atoms with Crippen molar-refractivity contribution in [3.63, 3.8) is 0 Å². The fourth-order valence-corrected chi connectivity index (χ4v) is 4.25. The summed E-state index contributed by atoms with van der Waals surface area (Å²) in [5, 5.41) is 0.161. The van der Waals surface area contributed by atoms with Crippen LogP contribution in [0.15, 0.2) is 47.4 Å². The van der Waals surface area contributed by atoms with Gasteiger partial charge in [0.2, 0.25) is 0 Å². The van der Waals surface area contributed by atoms with E-state index in [9.17, 15) is 8.42 Å². The fraction of sp³-hybridized carbons (Fsp3) is 0.250.